The number of benzene rings is 1. The summed E-state index contributed by atoms with van der Waals surface area (Å²) >= 11 is 0. The molecule has 1 aromatic rings. The maximum atomic E-state index is 13.4. The molecular formula is C11H16FNO. The Bertz CT molecular complexity index is 329. The second-order valence-electron chi connectivity index (χ2n) is 4.08. The van der Waals surface area contributed by atoms with Crippen molar-refractivity contribution in [3.8, 4) is 0 Å². The molecule has 14 heavy (non-hydrogen) atoms. The van der Waals surface area contributed by atoms with Crippen LogP contribution < -0.4 is 5.73 Å². The van der Waals surface area contributed by atoms with Crippen LogP contribution in [0.5, 0.6) is 0 Å². The summed E-state index contributed by atoms with van der Waals surface area (Å²) in [5.74, 6) is -0.361. The smallest absolute Gasteiger partial charge is 0.128 e. The first-order chi connectivity index (χ1) is 6.32. The van der Waals surface area contributed by atoms with Gasteiger partial charge in [0.2, 0.25) is 0 Å². The molecule has 0 saturated heterocycles. The number of hydrogen-bond donors (Lipinski definition) is 2. The Kier molecular flexibility index (Phi) is 2.92. The Hall–Kier alpha value is -0.930. The molecular weight excluding hydrogens is 181 g/mol. The van der Waals surface area contributed by atoms with Crippen molar-refractivity contribution < 1.29 is 9.50 Å². The summed E-state index contributed by atoms with van der Waals surface area (Å²) in [6.07, 6.45) is 0. The third-order valence-electron chi connectivity index (χ3n) is 2.20. The van der Waals surface area contributed by atoms with Crippen LogP contribution in [-0.2, 0) is 5.60 Å². The molecule has 0 saturated carbocycles. The van der Waals surface area contributed by atoms with E-state index in [0.29, 0.717) is 11.1 Å². The second kappa shape index (κ2) is 3.67. The number of halogens is 1. The van der Waals surface area contributed by atoms with Crippen molar-refractivity contribution in [2.45, 2.75) is 32.4 Å². The van der Waals surface area contributed by atoms with Gasteiger partial charge in [-0.15, -0.1) is 0 Å². The molecule has 2 nitrogen and oxygen atoms in total. The van der Waals surface area contributed by atoms with Crippen LogP contribution in [0.25, 0.3) is 0 Å². The van der Waals surface area contributed by atoms with Crippen molar-refractivity contribution in [2.24, 2.45) is 5.73 Å². The van der Waals surface area contributed by atoms with E-state index >= 15 is 0 Å². The number of hydrogen-bond acceptors (Lipinski definition) is 2. The lowest BCUT2D eigenvalue weighted by molar-refractivity contribution is 0.0782. The van der Waals surface area contributed by atoms with Gasteiger partial charge in [0.05, 0.1) is 5.60 Å². The zero-order chi connectivity index (χ0) is 10.9. The van der Waals surface area contributed by atoms with Crippen LogP contribution in [-0.4, -0.2) is 5.11 Å². The molecule has 78 valence electrons. The van der Waals surface area contributed by atoms with Gasteiger partial charge >= 0.3 is 0 Å². The quantitative estimate of drug-likeness (QED) is 0.762. The third kappa shape index (κ3) is 2.30. The van der Waals surface area contributed by atoms with E-state index in [1.54, 1.807) is 32.9 Å². The highest BCUT2D eigenvalue weighted by Gasteiger charge is 2.18. The average Bonchev–Trinajstić information content (AvgIpc) is 2.01. The first-order valence-electron chi connectivity index (χ1n) is 4.60. The molecule has 0 aliphatic rings. The Balaban J connectivity index is 3.13. The maximum Gasteiger partial charge on any atom is 0.128 e. The van der Waals surface area contributed by atoms with Crippen molar-refractivity contribution in [1.29, 1.82) is 0 Å². The number of aliphatic hydroxyl groups is 1. The van der Waals surface area contributed by atoms with Crippen LogP contribution in [0.2, 0.25) is 0 Å². The molecule has 0 fully saturated rings. The van der Waals surface area contributed by atoms with Gasteiger partial charge in [-0.25, -0.2) is 4.39 Å². The standard InChI is InChI=1S/C11H16FNO/c1-7(13)9-5-4-8(6-10(9)12)11(2,3)14/h4-7,14H,13H2,1-3H3/t7-/m0/s1. The van der Waals surface area contributed by atoms with Gasteiger partial charge in [-0.1, -0.05) is 12.1 Å². The average molecular weight is 197 g/mol. The molecule has 0 heterocycles. The fourth-order valence-corrected chi connectivity index (χ4v) is 1.28. The van der Waals surface area contributed by atoms with E-state index in [9.17, 15) is 9.50 Å². The van der Waals surface area contributed by atoms with Gasteiger partial charge in [0.1, 0.15) is 5.82 Å². The summed E-state index contributed by atoms with van der Waals surface area (Å²) in [5.41, 5.74) is 5.58. The van der Waals surface area contributed by atoms with Gasteiger partial charge in [-0.05, 0) is 32.4 Å². The minimum absolute atomic E-state index is 0.328. The predicted molar refractivity (Wildman–Crippen MR) is 54.2 cm³/mol. The Labute approximate surface area is 83.6 Å². The van der Waals surface area contributed by atoms with Crippen LogP contribution in [0, 0.1) is 5.82 Å². The monoisotopic (exact) mass is 197 g/mol. The van der Waals surface area contributed by atoms with Crippen LogP contribution in [0.4, 0.5) is 4.39 Å². The second-order valence-corrected chi connectivity index (χ2v) is 4.08. The molecule has 0 amide bonds. The first-order valence-corrected chi connectivity index (χ1v) is 4.60. The summed E-state index contributed by atoms with van der Waals surface area (Å²) in [5, 5.41) is 9.65. The molecule has 1 aromatic carbocycles. The van der Waals surface area contributed by atoms with E-state index in [0.717, 1.165) is 0 Å². The molecule has 0 bridgehead atoms. The van der Waals surface area contributed by atoms with E-state index in [1.165, 1.54) is 6.07 Å². The summed E-state index contributed by atoms with van der Waals surface area (Å²) in [4.78, 5) is 0. The summed E-state index contributed by atoms with van der Waals surface area (Å²) < 4.78 is 13.4. The van der Waals surface area contributed by atoms with Crippen molar-refractivity contribution in [3.63, 3.8) is 0 Å². The number of rotatable bonds is 2. The van der Waals surface area contributed by atoms with Gasteiger partial charge in [0.25, 0.3) is 0 Å². The lowest BCUT2D eigenvalue weighted by atomic mass is 9.96. The SMILES string of the molecule is C[C@H](N)c1ccc(C(C)(C)O)cc1F. The molecule has 0 aliphatic heterocycles. The highest BCUT2D eigenvalue weighted by Crippen LogP contribution is 2.23. The fraction of sp³-hybridized carbons (Fsp3) is 0.455. The minimum atomic E-state index is -1.02. The molecule has 3 N–H and O–H groups in total. The molecule has 1 rings (SSSR count). The van der Waals surface area contributed by atoms with E-state index in [2.05, 4.69) is 0 Å². The maximum absolute atomic E-state index is 13.4. The van der Waals surface area contributed by atoms with Gasteiger partial charge < -0.3 is 10.8 Å². The molecule has 0 spiro atoms. The summed E-state index contributed by atoms with van der Waals surface area (Å²) in [6.45, 7) is 4.96. The largest absolute Gasteiger partial charge is 0.386 e. The van der Waals surface area contributed by atoms with E-state index in [1.807, 2.05) is 0 Å². The molecule has 0 aliphatic carbocycles. The van der Waals surface area contributed by atoms with Crippen molar-refractivity contribution in [1.82, 2.24) is 0 Å². The van der Waals surface area contributed by atoms with E-state index in [-0.39, 0.29) is 11.9 Å². The minimum Gasteiger partial charge on any atom is -0.386 e. The van der Waals surface area contributed by atoms with Crippen LogP contribution in [0.1, 0.15) is 37.9 Å². The highest BCUT2D eigenvalue weighted by atomic mass is 19.1. The Morgan fingerprint density at radius 3 is 2.36 bits per heavy atom. The Morgan fingerprint density at radius 2 is 2.00 bits per heavy atom. The van der Waals surface area contributed by atoms with Crippen LogP contribution in [0.3, 0.4) is 0 Å². The summed E-state index contributed by atoms with van der Waals surface area (Å²) in [7, 11) is 0. The van der Waals surface area contributed by atoms with E-state index < -0.39 is 5.60 Å². The molecule has 3 heteroatoms. The lowest BCUT2D eigenvalue weighted by Crippen LogP contribution is -2.17. The van der Waals surface area contributed by atoms with Crippen molar-refractivity contribution in [3.05, 3.63) is 35.1 Å². The van der Waals surface area contributed by atoms with Crippen molar-refractivity contribution in [2.75, 3.05) is 0 Å². The van der Waals surface area contributed by atoms with Gasteiger partial charge in [-0.3, -0.25) is 0 Å². The van der Waals surface area contributed by atoms with Crippen LogP contribution in [0.15, 0.2) is 18.2 Å². The van der Waals surface area contributed by atoms with E-state index in [4.69, 9.17) is 5.73 Å². The molecule has 1 atom stereocenters. The fourth-order valence-electron chi connectivity index (χ4n) is 1.28. The highest BCUT2D eigenvalue weighted by molar-refractivity contribution is 5.29. The van der Waals surface area contributed by atoms with Crippen LogP contribution >= 0.6 is 0 Å². The first kappa shape index (κ1) is 11.1. The summed E-state index contributed by atoms with van der Waals surface area (Å²) in [6, 6.07) is 4.32. The third-order valence-corrected chi connectivity index (χ3v) is 2.20. The molecule has 0 aromatic heterocycles. The Morgan fingerprint density at radius 1 is 1.43 bits per heavy atom. The normalized spacial score (nSPS) is 14.1. The van der Waals surface area contributed by atoms with Gasteiger partial charge in [-0.2, -0.15) is 0 Å². The zero-order valence-corrected chi connectivity index (χ0v) is 8.71. The zero-order valence-electron chi connectivity index (χ0n) is 8.71. The topological polar surface area (TPSA) is 46.2 Å². The number of nitrogens with two attached hydrogens (primary N) is 1. The molecule has 0 unspecified atom stereocenters. The lowest BCUT2D eigenvalue weighted by Gasteiger charge is -2.19. The molecule has 0 radical (unpaired) electrons. The van der Waals surface area contributed by atoms with Gasteiger partial charge in [0.15, 0.2) is 0 Å². The predicted octanol–water partition coefficient (Wildman–Crippen LogP) is 2.07. The van der Waals surface area contributed by atoms with Gasteiger partial charge in [0, 0.05) is 11.6 Å². The van der Waals surface area contributed by atoms with Crippen molar-refractivity contribution >= 4 is 0 Å².